The van der Waals surface area contributed by atoms with E-state index in [1.807, 2.05) is 60.7 Å². The maximum Gasteiger partial charge on any atom is 0.285 e. The summed E-state index contributed by atoms with van der Waals surface area (Å²) >= 11 is 0. The molecule has 1 saturated heterocycles. The number of nitro groups is 1. The second-order valence-electron chi connectivity index (χ2n) is 9.19. The van der Waals surface area contributed by atoms with Gasteiger partial charge in [-0.05, 0) is 22.6 Å². The maximum atomic E-state index is 14.1. The van der Waals surface area contributed by atoms with Gasteiger partial charge in [-0.25, -0.2) is 4.90 Å². The fourth-order valence-electron chi connectivity index (χ4n) is 6.68. The van der Waals surface area contributed by atoms with Crippen LogP contribution in [0, 0.1) is 22.0 Å². The first-order valence-electron chi connectivity index (χ1n) is 11.3. The van der Waals surface area contributed by atoms with Crippen molar-refractivity contribution in [1.82, 2.24) is 0 Å². The molecule has 1 heterocycles. The molecular formula is C28H18N2O4. The molecule has 1 fully saturated rings. The van der Waals surface area contributed by atoms with Gasteiger partial charge in [0.2, 0.25) is 11.8 Å². The molecule has 0 N–H and O–H groups in total. The summed E-state index contributed by atoms with van der Waals surface area (Å²) in [5, 5.41) is 14.7. The van der Waals surface area contributed by atoms with Crippen molar-refractivity contribution >= 4 is 28.3 Å². The zero-order valence-electron chi connectivity index (χ0n) is 17.9. The molecule has 3 aliphatic carbocycles. The predicted octanol–water partition coefficient (Wildman–Crippen LogP) is 4.62. The van der Waals surface area contributed by atoms with E-state index in [1.165, 1.54) is 4.90 Å². The van der Waals surface area contributed by atoms with Crippen LogP contribution in [-0.4, -0.2) is 16.7 Å². The molecule has 2 bridgehead atoms. The van der Waals surface area contributed by atoms with Crippen LogP contribution >= 0.6 is 0 Å². The Morgan fingerprint density at radius 2 is 1.32 bits per heavy atom. The second kappa shape index (κ2) is 6.38. The molecule has 0 unspecified atom stereocenters. The van der Waals surface area contributed by atoms with Crippen molar-refractivity contribution in [3.05, 3.63) is 123 Å². The normalized spacial score (nSPS) is 26.4. The number of rotatable bonds is 2. The molecule has 0 aromatic heterocycles. The number of carbonyl (C=O) groups is 2. The molecule has 6 nitrogen and oxygen atoms in total. The third-order valence-corrected chi connectivity index (χ3v) is 7.87. The Morgan fingerprint density at radius 3 is 2.00 bits per heavy atom. The van der Waals surface area contributed by atoms with E-state index in [2.05, 4.69) is 0 Å². The predicted molar refractivity (Wildman–Crippen MR) is 126 cm³/mol. The molecule has 2 amide bonds. The van der Waals surface area contributed by atoms with E-state index in [1.54, 1.807) is 30.3 Å². The molecule has 0 spiro atoms. The third-order valence-electron chi connectivity index (χ3n) is 7.87. The minimum absolute atomic E-state index is 0.338. The number of nitrogens with zero attached hydrogens (tertiary/aromatic N) is 2. The molecule has 4 aliphatic rings. The average molecular weight is 446 g/mol. The fraction of sp³-hybridized carbons (Fsp3) is 0.143. The number of imide groups is 1. The summed E-state index contributed by atoms with van der Waals surface area (Å²) in [6.45, 7) is 0. The maximum absolute atomic E-state index is 14.1. The lowest BCUT2D eigenvalue weighted by Crippen LogP contribution is -2.57. The molecule has 0 saturated carbocycles. The minimum atomic E-state index is -1.81. The largest absolute Gasteiger partial charge is 0.285 e. The Hall–Kier alpha value is -4.32. The summed E-state index contributed by atoms with van der Waals surface area (Å²) in [5.74, 6) is -3.22. The van der Waals surface area contributed by atoms with Crippen molar-refractivity contribution in [3.63, 3.8) is 0 Å². The molecular weight excluding hydrogens is 428 g/mol. The molecule has 0 radical (unpaired) electrons. The van der Waals surface area contributed by atoms with Gasteiger partial charge >= 0.3 is 0 Å². The Labute approximate surface area is 194 Å². The highest BCUT2D eigenvalue weighted by molar-refractivity contribution is 6.26. The van der Waals surface area contributed by atoms with E-state index in [9.17, 15) is 19.7 Å². The zero-order chi connectivity index (χ0) is 23.2. The minimum Gasteiger partial charge on any atom is -0.274 e. The van der Waals surface area contributed by atoms with Crippen molar-refractivity contribution in [1.29, 1.82) is 0 Å². The number of anilines is 1. The summed E-state index contributed by atoms with van der Waals surface area (Å²) in [6.07, 6.45) is 0. The van der Waals surface area contributed by atoms with E-state index >= 15 is 0 Å². The van der Waals surface area contributed by atoms with Crippen LogP contribution in [0.1, 0.15) is 28.2 Å². The van der Waals surface area contributed by atoms with E-state index < -0.39 is 29.2 Å². The number of hydrogen-bond donors (Lipinski definition) is 0. The SMILES string of the molecule is O=C1[C@@H]2[C@@H](C(=O)N1c1cccc3ccccc13)C1c3ccccc3C2([N+](=O)[O-])c2ccccc21. The van der Waals surface area contributed by atoms with Gasteiger partial charge in [0.15, 0.2) is 0 Å². The monoisotopic (exact) mass is 446 g/mol. The summed E-state index contributed by atoms with van der Waals surface area (Å²) < 4.78 is 0. The van der Waals surface area contributed by atoms with E-state index in [0.29, 0.717) is 16.8 Å². The first kappa shape index (κ1) is 19.2. The van der Waals surface area contributed by atoms with Crippen molar-refractivity contribution in [3.8, 4) is 0 Å². The summed E-state index contributed by atoms with van der Waals surface area (Å²) in [5.41, 5.74) is 1.24. The van der Waals surface area contributed by atoms with Gasteiger partial charge in [0.1, 0.15) is 5.92 Å². The second-order valence-corrected chi connectivity index (χ2v) is 9.19. The standard InChI is InChI=1S/C28H18N2O4/c31-26-24-23-18-11-3-5-13-20(18)28(30(33)34,21-14-6-4-12-19(21)23)25(24)27(32)29(26)22-15-7-9-16-8-1-2-10-17(16)22/h1-15,23-25H/t23?,24-,25-,28?/m0/s1. The smallest absolute Gasteiger partial charge is 0.274 e. The average Bonchev–Trinajstić information content (AvgIpc) is 3.14. The van der Waals surface area contributed by atoms with E-state index in [0.717, 1.165) is 21.9 Å². The van der Waals surface area contributed by atoms with Crippen molar-refractivity contribution in [2.45, 2.75) is 11.5 Å². The molecule has 2 atom stereocenters. The number of fused-ring (bicyclic) bond motifs is 1. The van der Waals surface area contributed by atoms with Gasteiger partial charge in [0.05, 0.1) is 11.6 Å². The van der Waals surface area contributed by atoms with Gasteiger partial charge in [0, 0.05) is 27.4 Å². The first-order chi connectivity index (χ1) is 16.6. The van der Waals surface area contributed by atoms with E-state index in [-0.39, 0.29) is 10.8 Å². The van der Waals surface area contributed by atoms with Gasteiger partial charge in [-0.2, -0.15) is 0 Å². The number of benzene rings is 4. The Kier molecular flexibility index (Phi) is 3.60. The van der Waals surface area contributed by atoms with Gasteiger partial charge < -0.3 is 0 Å². The van der Waals surface area contributed by atoms with Gasteiger partial charge in [-0.1, -0.05) is 84.9 Å². The topological polar surface area (TPSA) is 80.5 Å². The Bertz CT molecular complexity index is 1520. The van der Waals surface area contributed by atoms with Crippen LogP contribution in [0.5, 0.6) is 0 Å². The van der Waals surface area contributed by atoms with Crippen LogP contribution < -0.4 is 4.90 Å². The highest BCUT2D eigenvalue weighted by Gasteiger charge is 2.74. The lowest BCUT2D eigenvalue weighted by molar-refractivity contribution is -0.578. The van der Waals surface area contributed by atoms with Crippen LogP contribution in [0.2, 0.25) is 0 Å². The van der Waals surface area contributed by atoms with Crippen LogP contribution in [0.4, 0.5) is 5.69 Å². The first-order valence-corrected chi connectivity index (χ1v) is 11.3. The van der Waals surface area contributed by atoms with Crippen LogP contribution in [0.15, 0.2) is 91.0 Å². The number of hydrogen-bond acceptors (Lipinski definition) is 4. The molecule has 4 aromatic carbocycles. The zero-order valence-corrected chi connectivity index (χ0v) is 17.9. The fourth-order valence-corrected chi connectivity index (χ4v) is 6.68. The quantitative estimate of drug-likeness (QED) is 0.256. The van der Waals surface area contributed by atoms with Crippen LogP contribution in [0.25, 0.3) is 10.8 Å². The van der Waals surface area contributed by atoms with Crippen molar-refractivity contribution in [2.24, 2.45) is 11.8 Å². The van der Waals surface area contributed by atoms with Gasteiger partial charge in [-0.15, -0.1) is 0 Å². The third kappa shape index (κ3) is 2.02. The molecule has 1 aliphatic heterocycles. The molecule has 6 heteroatoms. The molecule has 164 valence electrons. The highest BCUT2D eigenvalue weighted by atomic mass is 16.6. The molecule has 8 rings (SSSR count). The van der Waals surface area contributed by atoms with Crippen molar-refractivity contribution in [2.75, 3.05) is 4.90 Å². The lowest BCUT2D eigenvalue weighted by Gasteiger charge is -2.48. The summed E-state index contributed by atoms with van der Waals surface area (Å²) in [6, 6.07) is 27.5. The van der Waals surface area contributed by atoms with Crippen LogP contribution in [0.3, 0.4) is 0 Å². The number of amides is 2. The Balaban J connectivity index is 1.54. The highest BCUT2D eigenvalue weighted by Crippen LogP contribution is 2.64. The lowest BCUT2D eigenvalue weighted by atomic mass is 9.51. The van der Waals surface area contributed by atoms with Gasteiger partial charge in [0.25, 0.3) is 5.54 Å². The van der Waals surface area contributed by atoms with Gasteiger partial charge in [-0.3, -0.25) is 19.7 Å². The number of carbonyl (C=O) groups excluding carboxylic acids is 2. The van der Waals surface area contributed by atoms with Crippen LogP contribution in [-0.2, 0) is 15.1 Å². The Morgan fingerprint density at radius 1 is 0.735 bits per heavy atom. The summed E-state index contributed by atoms with van der Waals surface area (Å²) in [7, 11) is 0. The molecule has 34 heavy (non-hydrogen) atoms. The van der Waals surface area contributed by atoms with E-state index in [4.69, 9.17) is 0 Å². The molecule has 4 aromatic rings. The summed E-state index contributed by atoms with van der Waals surface area (Å²) in [4.78, 5) is 42.1. The van der Waals surface area contributed by atoms with Crippen molar-refractivity contribution < 1.29 is 14.5 Å².